The van der Waals surface area contributed by atoms with Gasteiger partial charge in [-0.25, -0.2) is 14.4 Å². The van der Waals surface area contributed by atoms with Gasteiger partial charge in [-0.05, 0) is 59.2 Å². The lowest BCUT2D eigenvalue weighted by molar-refractivity contribution is -0.139. The van der Waals surface area contributed by atoms with Crippen molar-refractivity contribution >= 4 is 29.0 Å². The molecule has 0 heterocycles. The van der Waals surface area contributed by atoms with Crippen molar-refractivity contribution in [3.63, 3.8) is 0 Å². The highest BCUT2D eigenvalue weighted by Gasteiger charge is 2.29. The minimum Gasteiger partial charge on any atom is -0.480 e. The van der Waals surface area contributed by atoms with Crippen molar-refractivity contribution in [2.75, 3.05) is 19.4 Å². The number of aliphatic carboxylic acids is 1. The molecule has 3 aromatic rings. The van der Waals surface area contributed by atoms with Crippen LogP contribution in [0.3, 0.4) is 0 Å². The van der Waals surface area contributed by atoms with E-state index < -0.39 is 35.0 Å². The van der Waals surface area contributed by atoms with Crippen LogP contribution in [-0.2, 0) is 31.7 Å². The fourth-order valence-corrected chi connectivity index (χ4v) is 5.20. The van der Waals surface area contributed by atoms with Crippen molar-refractivity contribution in [3.8, 4) is 11.1 Å². The topological polar surface area (TPSA) is 131 Å². The molecule has 9 nitrogen and oxygen atoms in total. The molecule has 0 spiro atoms. The second-order valence-corrected chi connectivity index (χ2v) is 10.8. The smallest absolute Gasteiger partial charge is 0.407 e. The fraction of sp³-hybridized carbons (Fsp3) is 0.300. The number of fused-ring (bicyclic) bond motifs is 3. The Morgan fingerprint density at radius 1 is 0.875 bits per heavy atom. The van der Waals surface area contributed by atoms with E-state index in [1.807, 2.05) is 48.5 Å². The summed E-state index contributed by atoms with van der Waals surface area (Å²) in [5, 5.41) is 14.6. The van der Waals surface area contributed by atoms with Gasteiger partial charge in [-0.3, -0.25) is 4.21 Å². The third-order valence-electron chi connectivity index (χ3n) is 6.75. The summed E-state index contributed by atoms with van der Waals surface area (Å²) in [6, 6.07) is 21.8. The number of carboxylic acids is 1. The molecule has 0 bridgehead atoms. The van der Waals surface area contributed by atoms with Crippen molar-refractivity contribution in [1.29, 1.82) is 0 Å². The largest absolute Gasteiger partial charge is 0.480 e. The molecule has 1 aliphatic carbocycles. The molecule has 0 fully saturated rings. The van der Waals surface area contributed by atoms with E-state index in [1.54, 1.807) is 30.5 Å². The summed E-state index contributed by atoms with van der Waals surface area (Å²) >= 11 is 0. The number of ether oxygens (including phenoxy) is 2. The average Bonchev–Trinajstić information content (AvgIpc) is 3.28. The first-order chi connectivity index (χ1) is 19.3. The highest BCUT2D eigenvalue weighted by molar-refractivity contribution is 7.84. The summed E-state index contributed by atoms with van der Waals surface area (Å²) in [6.45, 7) is 0.470. The Kier molecular flexibility index (Phi) is 9.91. The number of carbonyl (C=O) groups is 3. The van der Waals surface area contributed by atoms with Gasteiger partial charge in [0, 0.05) is 34.4 Å². The lowest BCUT2D eigenvalue weighted by atomic mass is 9.98. The van der Waals surface area contributed by atoms with E-state index in [0.29, 0.717) is 24.3 Å². The highest BCUT2D eigenvalue weighted by atomic mass is 32.2. The minimum atomic E-state index is -1.15. The number of hydrogen-bond acceptors (Lipinski definition) is 6. The fourth-order valence-electron chi connectivity index (χ4n) is 4.68. The SMILES string of the molecule is CS(=O)c1ccc(COC(=O)NCCCC[C@H](NC(=O)OCC2c3ccccc3-c3ccccc32)C(=O)O)cc1. The van der Waals surface area contributed by atoms with Crippen LogP contribution in [0.5, 0.6) is 0 Å². The molecule has 1 unspecified atom stereocenters. The van der Waals surface area contributed by atoms with Crippen molar-refractivity contribution in [3.05, 3.63) is 89.5 Å². The molecule has 0 aromatic heterocycles. The number of alkyl carbamates (subject to hydrolysis) is 2. The number of amides is 2. The zero-order valence-electron chi connectivity index (χ0n) is 22.1. The summed E-state index contributed by atoms with van der Waals surface area (Å²) in [4.78, 5) is 36.8. The third kappa shape index (κ3) is 7.47. The molecular formula is C30H32N2O7S. The second-order valence-electron chi connectivity index (χ2n) is 9.46. The number of nitrogens with one attached hydrogen (secondary N) is 2. The van der Waals surface area contributed by atoms with Crippen LogP contribution in [0.1, 0.15) is 41.9 Å². The van der Waals surface area contributed by atoms with E-state index in [-0.39, 0.29) is 25.6 Å². The summed E-state index contributed by atoms with van der Waals surface area (Å²) in [6.07, 6.45) is 1.36. The van der Waals surface area contributed by atoms with Crippen LogP contribution >= 0.6 is 0 Å². The van der Waals surface area contributed by atoms with E-state index in [2.05, 4.69) is 10.6 Å². The predicted octanol–water partition coefficient (Wildman–Crippen LogP) is 4.81. The van der Waals surface area contributed by atoms with Crippen LogP contribution in [0.4, 0.5) is 9.59 Å². The number of rotatable bonds is 12. The van der Waals surface area contributed by atoms with Gasteiger partial charge in [-0.1, -0.05) is 60.7 Å². The zero-order chi connectivity index (χ0) is 28.5. The van der Waals surface area contributed by atoms with Crippen molar-refractivity contribution in [2.24, 2.45) is 0 Å². The van der Waals surface area contributed by atoms with Gasteiger partial charge in [0.1, 0.15) is 19.3 Å². The molecular weight excluding hydrogens is 532 g/mol. The number of carbonyl (C=O) groups excluding carboxylic acids is 2. The minimum absolute atomic E-state index is 0.0770. The van der Waals surface area contributed by atoms with Crippen LogP contribution in [0, 0.1) is 0 Å². The van der Waals surface area contributed by atoms with Gasteiger partial charge < -0.3 is 25.2 Å². The van der Waals surface area contributed by atoms with Crippen LogP contribution in [0.2, 0.25) is 0 Å². The van der Waals surface area contributed by atoms with Crippen LogP contribution in [0.15, 0.2) is 77.7 Å². The normalized spacial score (nSPS) is 13.4. The summed E-state index contributed by atoms with van der Waals surface area (Å²) in [5.74, 6) is -1.27. The van der Waals surface area contributed by atoms with Crippen molar-refractivity contribution in [1.82, 2.24) is 10.6 Å². The molecule has 0 saturated carbocycles. The molecule has 40 heavy (non-hydrogen) atoms. The third-order valence-corrected chi connectivity index (χ3v) is 7.68. The average molecular weight is 565 g/mol. The Hall–Kier alpha value is -4.18. The standard InChI is InChI=1S/C30H32N2O7S/c1-40(37)21-15-13-20(14-16-21)18-38-29(35)31-17-7-6-12-27(28(33)34)32-30(36)39-19-26-24-10-4-2-8-22(24)23-9-3-5-11-25(23)26/h2-5,8-11,13-16,26-27H,6-7,12,17-19H2,1H3,(H,31,35)(H,32,36)(H,33,34)/t27-,40?/m0/s1. The monoisotopic (exact) mass is 564 g/mol. The van der Waals surface area contributed by atoms with E-state index in [9.17, 15) is 23.7 Å². The molecule has 1 aliphatic rings. The second kappa shape index (κ2) is 13.7. The quantitative estimate of drug-likeness (QED) is 0.269. The van der Waals surface area contributed by atoms with Crippen molar-refractivity contribution < 1.29 is 33.2 Å². The van der Waals surface area contributed by atoms with Crippen molar-refractivity contribution in [2.45, 2.75) is 42.7 Å². The van der Waals surface area contributed by atoms with Gasteiger partial charge in [-0.2, -0.15) is 0 Å². The van der Waals surface area contributed by atoms with E-state index in [0.717, 1.165) is 27.8 Å². The number of benzene rings is 3. The lowest BCUT2D eigenvalue weighted by Gasteiger charge is -2.17. The molecule has 3 aromatic carbocycles. The Bertz CT molecular complexity index is 1330. The first-order valence-electron chi connectivity index (χ1n) is 13.0. The first-order valence-corrected chi connectivity index (χ1v) is 14.6. The van der Waals surface area contributed by atoms with E-state index in [4.69, 9.17) is 9.47 Å². The zero-order valence-corrected chi connectivity index (χ0v) is 22.9. The molecule has 0 aliphatic heterocycles. The Labute approximate surface area is 235 Å². The van der Waals surface area contributed by atoms with Gasteiger partial charge in [-0.15, -0.1) is 0 Å². The number of hydrogen-bond donors (Lipinski definition) is 3. The van der Waals surface area contributed by atoms with Gasteiger partial charge >= 0.3 is 18.2 Å². The van der Waals surface area contributed by atoms with Crippen LogP contribution in [0.25, 0.3) is 11.1 Å². The summed E-state index contributed by atoms with van der Waals surface area (Å²) in [5.41, 5.74) is 5.14. The summed E-state index contributed by atoms with van der Waals surface area (Å²) < 4.78 is 22.1. The highest BCUT2D eigenvalue weighted by Crippen LogP contribution is 2.44. The predicted molar refractivity (Wildman–Crippen MR) is 150 cm³/mol. The van der Waals surface area contributed by atoms with E-state index >= 15 is 0 Å². The molecule has 0 radical (unpaired) electrons. The molecule has 4 rings (SSSR count). The maximum atomic E-state index is 12.5. The van der Waals surface area contributed by atoms with Crippen LogP contribution in [-0.4, -0.2) is 52.9 Å². The molecule has 0 saturated heterocycles. The van der Waals surface area contributed by atoms with Gasteiger partial charge in [0.25, 0.3) is 0 Å². The van der Waals surface area contributed by atoms with Gasteiger partial charge in [0.15, 0.2) is 0 Å². The van der Waals surface area contributed by atoms with Gasteiger partial charge in [0.05, 0.1) is 0 Å². The van der Waals surface area contributed by atoms with E-state index in [1.165, 1.54) is 0 Å². The van der Waals surface area contributed by atoms with Gasteiger partial charge in [0.2, 0.25) is 0 Å². The molecule has 10 heteroatoms. The molecule has 3 N–H and O–H groups in total. The summed E-state index contributed by atoms with van der Waals surface area (Å²) in [7, 11) is -1.07. The number of unbranched alkanes of at least 4 members (excludes halogenated alkanes) is 1. The molecule has 2 amide bonds. The molecule has 210 valence electrons. The maximum absolute atomic E-state index is 12.5. The Morgan fingerprint density at radius 3 is 2.10 bits per heavy atom. The number of carboxylic acid groups (broad SMARTS) is 1. The lowest BCUT2D eigenvalue weighted by Crippen LogP contribution is -2.41. The Balaban J connectivity index is 1.16. The first kappa shape index (κ1) is 28.8. The maximum Gasteiger partial charge on any atom is 0.407 e. The molecule has 2 atom stereocenters. The Morgan fingerprint density at radius 2 is 1.50 bits per heavy atom. The van der Waals surface area contributed by atoms with Crippen LogP contribution < -0.4 is 10.6 Å².